The Bertz CT molecular complexity index is 523. The maximum Gasteiger partial charge on any atom is 0.252 e. The van der Waals surface area contributed by atoms with E-state index in [4.69, 9.17) is 0 Å². The van der Waals surface area contributed by atoms with E-state index in [1.165, 1.54) is 12.4 Å². The van der Waals surface area contributed by atoms with Crippen LogP contribution in [0, 0.1) is 5.92 Å². The first kappa shape index (κ1) is 11.1. The second kappa shape index (κ2) is 4.25. The molecule has 1 aromatic rings. The molecule has 16 heavy (non-hydrogen) atoms. The molecular formula is C9H13N3O3S. The molecular weight excluding hydrogens is 230 g/mol. The van der Waals surface area contributed by atoms with Crippen LogP contribution < -0.4 is 10.9 Å². The van der Waals surface area contributed by atoms with Crippen LogP contribution in [0.5, 0.6) is 0 Å². The van der Waals surface area contributed by atoms with Crippen molar-refractivity contribution in [1.82, 2.24) is 9.97 Å². The Kier molecular flexibility index (Phi) is 2.95. The predicted octanol–water partition coefficient (Wildman–Crippen LogP) is -0.384. The van der Waals surface area contributed by atoms with E-state index in [1.807, 2.05) is 0 Å². The van der Waals surface area contributed by atoms with Crippen LogP contribution >= 0.6 is 0 Å². The van der Waals surface area contributed by atoms with E-state index in [0.29, 0.717) is 18.8 Å². The van der Waals surface area contributed by atoms with Crippen molar-refractivity contribution in [1.29, 1.82) is 0 Å². The summed E-state index contributed by atoms with van der Waals surface area (Å²) in [7, 11) is -2.84. The van der Waals surface area contributed by atoms with Crippen LogP contribution in [-0.2, 0) is 9.84 Å². The van der Waals surface area contributed by atoms with Crippen molar-refractivity contribution >= 4 is 15.7 Å². The molecule has 1 atom stereocenters. The number of hydrogen-bond donors (Lipinski definition) is 2. The highest BCUT2D eigenvalue weighted by Crippen LogP contribution is 2.18. The second-order valence-corrected chi connectivity index (χ2v) is 6.18. The van der Waals surface area contributed by atoms with Gasteiger partial charge in [0, 0.05) is 12.6 Å². The van der Waals surface area contributed by atoms with Crippen LogP contribution in [0.3, 0.4) is 0 Å². The maximum absolute atomic E-state index is 11.2. The third kappa shape index (κ3) is 2.82. The van der Waals surface area contributed by atoms with E-state index in [0.717, 1.165) is 0 Å². The normalized spacial score (nSPS) is 23.1. The van der Waals surface area contributed by atoms with Gasteiger partial charge in [0.05, 0.1) is 17.8 Å². The Morgan fingerprint density at radius 1 is 1.56 bits per heavy atom. The first-order valence-corrected chi connectivity index (χ1v) is 6.86. The summed E-state index contributed by atoms with van der Waals surface area (Å²) < 4.78 is 22.4. The summed E-state index contributed by atoms with van der Waals surface area (Å²) in [4.78, 5) is 17.3. The third-order valence-electron chi connectivity index (χ3n) is 2.58. The third-order valence-corrected chi connectivity index (χ3v) is 4.41. The number of hydrogen-bond acceptors (Lipinski definition) is 5. The van der Waals surface area contributed by atoms with Crippen molar-refractivity contribution in [2.75, 3.05) is 23.4 Å². The molecule has 1 aliphatic rings. The van der Waals surface area contributed by atoms with Crippen molar-refractivity contribution in [3.63, 3.8) is 0 Å². The molecule has 1 aromatic heterocycles. The number of anilines is 1. The van der Waals surface area contributed by atoms with Gasteiger partial charge in [-0.25, -0.2) is 13.4 Å². The molecule has 1 unspecified atom stereocenters. The Hall–Kier alpha value is -1.37. The fraction of sp³-hybridized carbons (Fsp3) is 0.556. The van der Waals surface area contributed by atoms with Gasteiger partial charge in [-0.05, 0) is 12.3 Å². The van der Waals surface area contributed by atoms with E-state index in [-0.39, 0.29) is 23.0 Å². The molecule has 0 amide bonds. The fourth-order valence-electron chi connectivity index (χ4n) is 1.75. The first-order chi connectivity index (χ1) is 7.55. The number of nitrogens with zero attached hydrogens (tertiary/aromatic N) is 1. The Labute approximate surface area is 93.0 Å². The number of H-pyrrole nitrogens is 1. The van der Waals surface area contributed by atoms with Gasteiger partial charge in [-0.15, -0.1) is 0 Å². The Morgan fingerprint density at radius 2 is 2.38 bits per heavy atom. The van der Waals surface area contributed by atoms with Crippen LogP contribution in [0.4, 0.5) is 5.82 Å². The molecule has 6 nitrogen and oxygen atoms in total. The zero-order valence-corrected chi connectivity index (χ0v) is 9.46. The standard InChI is InChI=1S/C9H13N3O3S/c13-9-3-8(11-6-12-9)10-4-7-1-2-16(14,15)5-7/h3,6-7H,1-2,4-5H2,(H2,10,11,12,13). The van der Waals surface area contributed by atoms with E-state index in [2.05, 4.69) is 15.3 Å². The van der Waals surface area contributed by atoms with Crippen molar-refractivity contribution in [3.8, 4) is 0 Å². The molecule has 88 valence electrons. The Morgan fingerprint density at radius 3 is 3.00 bits per heavy atom. The number of rotatable bonds is 3. The summed E-state index contributed by atoms with van der Waals surface area (Å²) in [6, 6.07) is 1.35. The quantitative estimate of drug-likeness (QED) is 0.754. The minimum Gasteiger partial charge on any atom is -0.370 e. The van der Waals surface area contributed by atoms with Gasteiger partial charge in [0.1, 0.15) is 5.82 Å². The summed E-state index contributed by atoms with van der Waals surface area (Å²) in [5.41, 5.74) is -0.225. The second-order valence-electron chi connectivity index (χ2n) is 3.95. The predicted molar refractivity (Wildman–Crippen MR) is 60.1 cm³/mol. The minimum atomic E-state index is -2.84. The van der Waals surface area contributed by atoms with Crippen LogP contribution in [0.2, 0.25) is 0 Å². The molecule has 1 aliphatic heterocycles. The first-order valence-electron chi connectivity index (χ1n) is 5.04. The number of aromatic amines is 1. The number of nitrogens with one attached hydrogen (secondary N) is 2. The average molecular weight is 243 g/mol. The molecule has 2 heterocycles. The molecule has 2 N–H and O–H groups in total. The van der Waals surface area contributed by atoms with Gasteiger partial charge >= 0.3 is 0 Å². The smallest absolute Gasteiger partial charge is 0.252 e. The van der Waals surface area contributed by atoms with Gasteiger partial charge in [-0.2, -0.15) is 0 Å². The molecule has 7 heteroatoms. The molecule has 0 aromatic carbocycles. The maximum atomic E-state index is 11.2. The lowest BCUT2D eigenvalue weighted by atomic mass is 10.1. The molecule has 2 rings (SSSR count). The van der Waals surface area contributed by atoms with Gasteiger partial charge in [0.2, 0.25) is 0 Å². The molecule has 0 spiro atoms. The topological polar surface area (TPSA) is 91.9 Å². The molecule has 0 aliphatic carbocycles. The van der Waals surface area contributed by atoms with Gasteiger partial charge in [0.15, 0.2) is 9.84 Å². The van der Waals surface area contributed by atoms with E-state index in [1.54, 1.807) is 0 Å². The van der Waals surface area contributed by atoms with E-state index >= 15 is 0 Å². The number of aromatic nitrogens is 2. The molecule has 0 bridgehead atoms. The van der Waals surface area contributed by atoms with Crippen LogP contribution in [0.15, 0.2) is 17.2 Å². The summed E-state index contributed by atoms with van der Waals surface area (Å²) >= 11 is 0. The van der Waals surface area contributed by atoms with Crippen molar-refractivity contribution in [2.45, 2.75) is 6.42 Å². The number of sulfone groups is 1. The minimum absolute atomic E-state index is 0.117. The highest BCUT2D eigenvalue weighted by molar-refractivity contribution is 7.91. The zero-order valence-electron chi connectivity index (χ0n) is 8.64. The fourth-order valence-corrected chi connectivity index (χ4v) is 3.61. The van der Waals surface area contributed by atoms with Crippen LogP contribution in [0.25, 0.3) is 0 Å². The van der Waals surface area contributed by atoms with Crippen molar-refractivity contribution in [3.05, 3.63) is 22.7 Å². The van der Waals surface area contributed by atoms with Gasteiger partial charge in [-0.3, -0.25) is 4.79 Å². The van der Waals surface area contributed by atoms with Gasteiger partial charge < -0.3 is 10.3 Å². The Balaban J connectivity index is 1.91. The monoisotopic (exact) mass is 243 g/mol. The van der Waals surface area contributed by atoms with Crippen molar-refractivity contribution < 1.29 is 8.42 Å². The highest BCUT2D eigenvalue weighted by Gasteiger charge is 2.27. The van der Waals surface area contributed by atoms with Crippen LogP contribution in [0.1, 0.15) is 6.42 Å². The molecule has 0 radical (unpaired) electrons. The lowest BCUT2D eigenvalue weighted by molar-refractivity contribution is 0.595. The van der Waals surface area contributed by atoms with Crippen molar-refractivity contribution in [2.24, 2.45) is 5.92 Å². The van der Waals surface area contributed by atoms with E-state index < -0.39 is 9.84 Å². The van der Waals surface area contributed by atoms with Gasteiger partial charge in [-0.1, -0.05) is 0 Å². The lowest BCUT2D eigenvalue weighted by Crippen LogP contribution is -2.17. The lowest BCUT2D eigenvalue weighted by Gasteiger charge is -2.09. The summed E-state index contributed by atoms with van der Waals surface area (Å²) in [6.45, 7) is 0.537. The van der Waals surface area contributed by atoms with Crippen LogP contribution in [-0.4, -0.2) is 36.4 Å². The largest absolute Gasteiger partial charge is 0.370 e. The van der Waals surface area contributed by atoms with E-state index in [9.17, 15) is 13.2 Å². The SMILES string of the molecule is O=c1cc(NCC2CCS(=O)(=O)C2)nc[nH]1. The molecule has 1 saturated heterocycles. The summed E-state index contributed by atoms with van der Waals surface area (Å²) in [6.07, 6.45) is 1.99. The highest BCUT2D eigenvalue weighted by atomic mass is 32.2. The average Bonchev–Trinajstić information content (AvgIpc) is 2.56. The zero-order chi connectivity index (χ0) is 11.6. The molecule has 1 fully saturated rings. The molecule has 0 saturated carbocycles. The summed E-state index contributed by atoms with van der Waals surface area (Å²) in [5, 5.41) is 2.97. The van der Waals surface area contributed by atoms with Gasteiger partial charge in [0.25, 0.3) is 5.56 Å². The summed E-state index contributed by atoms with van der Waals surface area (Å²) in [5.74, 6) is 1.09.